The summed E-state index contributed by atoms with van der Waals surface area (Å²) in [4.78, 5) is 7.71. The van der Waals surface area contributed by atoms with Crippen LogP contribution in [0.15, 0.2) is 64.8 Å². The highest BCUT2D eigenvalue weighted by Crippen LogP contribution is 2.36. The number of halogens is 2. The summed E-state index contributed by atoms with van der Waals surface area (Å²) in [6.07, 6.45) is 10.1. The van der Waals surface area contributed by atoms with E-state index < -0.39 is 0 Å². The molecule has 1 atom stereocenters. The standard InChI is InChI=1S/C21H23ClFN.C10H17N/c1-4-5-6-16-19-18(12-11-17(22)20(19)23)24-21(16)14(3)15-9-7-13(2)8-10-15;1-5-7-10(4)11-8-9(3)6-2/h7-12,14,24H,4-6H2,1-3H3;6-8H,5H2,1-4H3/b;9-6-,10-7+,11-8+. The van der Waals surface area contributed by atoms with Crippen LogP contribution >= 0.6 is 11.6 Å². The maximum absolute atomic E-state index is 14.7. The molecular formula is C31H40ClFN2. The molecule has 1 aromatic heterocycles. The van der Waals surface area contributed by atoms with Gasteiger partial charge in [-0.05, 0) is 75.8 Å². The lowest BCUT2D eigenvalue weighted by molar-refractivity contribution is 0.638. The molecule has 0 saturated carbocycles. The quantitative estimate of drug-likeness (QED) is 0.301. The van der Waals surface area contributed by atoms with Crippen LogP contribution in [0.2, 0.25) is 5.02 Å². The fourth-order valence-corrected chi connectivity index (χ4v) is 4.09. The van der Waals surface area contributed by atoms with Gasteiger partial charge in [-0.3, -0.25) is 4.99 Å². The van der Waals surface area contributed by atoms with Crippen molar-refractivity contribution in [1.29, 1.82) is 0 Å². The van der Waals surface area contributed by atoms with Gasteiger partial charge in [-0.2, -0.15) is 0 Å². The molecule has 1 heterocycles. The molecule has 2 aromatic carbocycles. The normalized spacial score (nSPS) is 13.3. The van der Waals surface area contributed by atoms with E-state index in [0.29, 0.717) is 5.39 Å². The summed E-state index contributed by atoms with van der Waals surface area (Å²) in [5.41, 5.74) is 7.77. The van der Waals surface area contributed by atoms with Gasteiger partial charge in [-0.1, -0.05) is 80.8 Å². The molecule has 3 rings (SSSR count). The van der Waals surface area contributed by atoms with Crippen LogP contribution < -0.4 is 0 Å². The third kappa shape index (κ3) is 7.93. The third-order valence-corrected chi connectivity index (χ3v) is 6.50. The summed E-state index contributed by atoms with van der Waals surface area (Å²) in [6, 6.07) is 12.0. The van der Waals surface area contributed by atoms with Crippen LogP contribution in [0.25, 0.3) is 10.9 Å². The Morgan fingerprint density at radius 3 is 2.40 bits per heavy atom. The highest BCUT2D eigenvalue weighted by molar-refractivity contribution is 6.31. The molecule has 0 aliphatic rings. The van der Waals surface area contributed by atoms with Crippen molar-refractivity contribution < 1.29 is 4.39 Å². The number of rotatable bonds is 8. The van der Waals surface area contributed by atoms with E-state index in [-0.39, 0.29) is 16.8 Å². The van der Waals surface area contributed by atoms with Crippen LogP contribution in [0.1, 0.15) is 89.1 Å². The number of fused-ring (bicyclic) bond motifs is 1. The number of nitrogens with zero attached hydrogens (tertiary/aromatic N) is 1. The first-order chi connectivity index (χ1) is 16.7. The molecular weight excluding hydrogens is 455 g/mol. The summed E-state index contributed by atoms with van der Waals surface area (Å²) in [7, 11) is 0. The number of benzene rings is 2. The number of H-pyrrole nitrogens is 1. The number of nitrogens with one attached hydrogen (secondary N) is 1. The first-order valence-electron chi connectivity index (χ1n) is 12.6. The van der Waals surface area contributed by atoms with E-state index in [2.05, 4.69) is 68.0 Å². The van der Waals surface area contributed by atoms with E-state index >= 15 is 0 Å². The second-order valence-corrected chi connectivity index (χ2v) is 9.49. The third-order valence-electron chi connectivity index (χ3n) is 6.21. The fourth-order valence-electron chi connectivity index (χ4n) is 3.94. The average molecular weight is 495 g/mol. The van der Waals surface area contributed by atoms with Crippen LogP contribution in [0.3, 0.4) is 0 Å². The lowest BCUT2D eigenvalue weighted by atomic mass is 9.92. The zero-order chi connectivity index (χ0) is 26.0. The van der Waals surface area contributed by atoms with Crippen molar-refractivity contribution in [2.75, 3.05) is 0 Å². The van der Waals surface area contributed by atoms with Crippen molar-refractivity contribution in [3.05, 3.63) is 93.0 Å². The molecule has 0 fully saturated rings. The van der Waals surface area contributed by atoms with Gasteiger partial charge in [0.2, 0.25) is 0 Å². The molecule has 0 aliphatic heterocycles. The molecule has 0 spiro atoms. The molecule has 0 radical (unpaired) electrons. The van der Waals surface area contributed by atoms with Gasteiger partial charge >= 0.3 is 0 Å². The SMILES string of the molecule is CCCCc1c(C(C)c2ccc(C)cc2)[nH]c2ccc(Cl)c(F)c12.C\C=C(C)/C=N/C(C)=C/CC. The first-order valence-corrected chi connectivity index (χ1v) is 13.0. The number of hydrogen-bond acceptors (Lipinski definition) is 1. The maximum atomic E-state index is 14.7. The smallest absolute Gasteiger partial charge is 0.151 e. The van der Waals surface area contributed by atoms with Gasteiger partial charge in [-0.25, -0.2) is 4.39 Å². The van der Waals surface area contributed by atoms with E-state index in [0.717, 1.165) is 48.2 Å². The number of unbranched alkanes of at least 4 members (excludes halogenated alkanes) is 1. The highest BCUT2D eigenvalue weighted by atomic mass is 35.5. The Kier molecular flexibility index (Phi) is 11.5. The summed E-state index contributed by atoms with van der Waals surface area (Å²) < 4.78 is 14.7. The van der Waals surface area contributed by atoms with Crippen molar-refractivity contribution in [2.45, 2.75) is 80.1 Å². The van der Waals surface area contributed by atoms with Crippen LogP contribution in [0.5, 0.6) is 0 Å². The van der Waals surface area contributed by atoms with Gasteiger partial charge < -0.3 is 4.98 Å². The predicted molar refractivity (Wildman–Crippen MR) is 153 cm³/mol. The Balaban J connectivity index is 0.000000334. The minimum Gasteiger partial charge on any atom is -0.358 e. The topological polar surface area (TPSA) is 28.1 Å². The summed E-state index contributed by atoms with van der Waals surface area (Å²) in [6.45, 7) is 14.6. The summed E-state index contributed by atoms with van der Waals surface area (Å²) in [5.74, 6) is -0.123. The molecule has 0 aliphatic carbocycles. The number of aromatic nitrogens is 1. The van der Waals surface area contributed by atoms with Gasteiger partial charge in [0.05, 0.1) is 5.02 Å². The lowest BCUT2D eigenvalue weighted by Gasteiger charge is -2.14. The minimum atomic E-state index is -0.307. The van der Waals surface area contributed by atoms with Crippen molar-refractivity contribution in [3.63, 3.8) is 0 Å². The van der Waals surface area contributed by atoms with Gasteiger partial charge in [0.1, 0.15) is 0 Å². The number of aliphatic imine (C=N–C) groups is 1. The molecule has 0 bridgehead atoms. The van der Waals surface area contributed by atoms with Crippen molar-refractivity contribution in [1.82, 2.24) is 4.98 Å². The number of allylic oxidation sites excluding steroid dienone is 4. The Morgan fingerprint density at radius 2 is 1.80 bits per heavy atom. The number of aryl methyl sites for hydroxylation is 2. The van der Waals surface area contributed by atoms with Crippen LogP contribution in [-0.4, -0.2) is 11.2 Å². The van der Waals surface area contributed by atoms with Crippen LogP contribution in [0.4, 0.5) is 4.39 Å². The van der Waals surface area contributed by atoms with E-state index in [1.54, 1.807) is 6.07 Å². The largest absolute Gasteiger partial charge is 0.358 e. The highest BCUT2D eigenvalue weighted by Gasteiger charge is 2.21. The molecule has 35 heavy (non-hydrogen) atoms. The van der Waals surface area contributed by atoms with E-state index in [1.165, 1.54) is 16.7 Å². The molecule has 0 saturated heterocycles. The zero-order valence-electron chi connectivity index (χ0n) is 22.3. The van der Waals surface area contributed by atoms with Gasteiger partial charge in [0, 0.05) is 34.4 Å². The lowest BCUT2D eigenvalue weighted by Crippen LogP contribution is -2.01. The van der Waals surface area contributed by atoms with Crippen LogP contribution in [0, 0.1) is 12.7 Å². The molecule has 2 nitrogen and oxygen atoms in total. The minimum absolute atomic E-state index is 0.183. The van der Waals surface area contributed by atoms with Gasteiger partial charge in [0.15, 0.2) is 5.82 Å². The molecule has 1 N–H and O–H groups in total. The maximum Gasteiger partial charge on any atom is 0.151 e. The Bertz CT molecular complexity index is 1180. The van der Waals surface area contributed by atoms with Gasteiger partial charge in [-0.15, -0.1) is 0 Å². The number of aromatic amines is 1. The molecule has 1 unspecified atom stereocenters. The second kappa shape index (κ2) is 14.0. The second-order valence-electron chi connectivity index (χ2n) is 9.08. The van der Waals surface area contributed by atoms with E-state index in [4.69, 9.17) is 11.6 Å². The van der Waals surface area contributed by atoms with E-state index in [1.807, 2.05) is 39.1 Å². The average Bonchev–Trinajstić information content (AvgIpc) is 3.23. The Morgan fingerprint density at radius 1 is 1.11 bits per heavy atom. The van der Waals surface area contributed by atoms with Crippen molar-refractivity contribution >= 4 is 28.7 Å². The predicted octanol–water partition coefficient (Wildman–Crippen LogP) is 10.1. The zero-order valence-corrected chi connectivity index (χ0v) is 23.1. The first kappa shape index (κ1) is 28.6. The van der Waals surface area contributed by atoms with Crippen LogP contribution in [-0.2, 0) is 6.42 Å². The Labute approximate surface area is 216 Å². The number of hydrogen-bond donors (Lipinski definition) is 1. The summed E-state index contributed by atoms with van der Waals surface area (Å²) >= 11 is 6.03. The summed E-state index contributed by atoms with van der Waals surface area (Å²) in [5, 5.41) is 0.846. The monoisotopic (exact) mass is 494 g/mol. The fraction of sp³-hybridized carbons (Fsp3) is 0.387. The molecule has 0 amide bonds. The van der Waals surface area contributed by atoms with Crippen molar-refractivity contribution in [3.8, 4) is 0 Å². The Hall–Kier alpha value is -2.65. The molecule has 188 valence electrons. The molecule has 4 heteroatoms. The van der Waals surface area contributed by atoms with Crippen molar-refractivity contribution in [2.24, 2.45) is 4.99 Å². The molecule has 3 aromatic rings. The van der Waals surface area contributed by atoms with Gasteiger partial charge in [0.25, 0.3) is 0 Å². The van der Waals surface area contributed by atoms with E-state index in [9.17, 15) is 4.39 Å².